The van der Waals surface area contributed by atoms with Crippen molar-refractivity contribution < 1.29 is 9.90 Å². The van der Waals surface area contributed by atoms with Gasteiger partial charge < -0.3 is 16.2 Å². The van der Waals surface area contributed by atoms with Gasteiger partial charge in [0.1, 0.15) is 0 Å². The highest BCUT2D eigenvalue weighted by molar-refractivity contribution is 5.92. The fourth-order valence-electron chi connectivity index (χ4n) is 3.02. The van der Waals surface area contributed by atoms with Crippen LogP contribution in [-0.2, 0) is 6.54 Å². The zero-order valence-electron chi connectivity index (χ0n) is 12.1. The van der Waals surface area contributed by atoms with Crippen molar-refractivity contribution in [3.8, 4) is 0 Å². The van der Waals surface area contributed by atoms with E-state index in [4.69, 9.17) is 5.73 Å². The molecule has 0 aliphatic heterocycles. The molecule has 1 aromatic carbocycles. The van der Waals surface area contributed by atoms with Gasteiger partial charge >= 0.3 is 0 Å². The van der Waals surface area contributed by atoms with E-state index in [9.17, 15) is 9.90 Å². The molecule has 4 heteroatoms. The number of primary amides is 1. The molecule has 0 saturated heterocycles. The maximum absolute atomic E-state index is 11.0. The fraction of sp³-hybridized carbons (Fsp3) is 0.562. The van der Waals surface area contributed by atoms with E-state index in [0.29, 0.717) is 24.6 Å². The highest BCUT2D eigenvalue weighted by atomic mass is 16.3. The maximum Gasteiger partial charge on any atom is 0.248 e. The number of nitrogens with two attached hydrogens (primary N) is 1. The first-order valence-corrected chi connectivity index (χ1v) is 7.30. The van der Waals surface area contributed by atoms with Crippen LogP contribution in [0, 0.1) is 5.92 Å². The molecule has 20 heavy (non-hydrogen) atoms. The summed E-state index contributed by atoms with van der Waals surface area (Å²) in [6.07, 6.45) is 4.08. The summed E-state index contributed by atoms with van der Waals surface area (Å²) in [7, 11) is 0. The standard InChI is InChI=1S/C16H24N2O2/c1-12-3-2-8-16(20,9-12)11-18-10-13-4-6-14(7-5-13)15(17)19/h4-7,12,18,20H,2-3,8-11H2,1H3,(H2,17,19). The van der Waals surface area contributed by atoms with Crippen LogP contribution in [0.2, 0.25) is 0 Å². The molecule has 1 fully saturated rings. The number of hydrogen-bond acceptors (Lipinski definition) is 3. The lowest BCUT2D eigenvalue weighted by molar-refractivity contribution is -0.0119. The number of aliphatic hydroxyl groups is 1. The third-order valence-electron chi connectivity index (χ3n) is 4.09. The molecule has 0 heterocycles. The van der Waals surface area contributed by atoms with Crippen molar-refractivity contribution in [3.63, 3.8) is 0 Å². The molecule has 0 bridgehead atoms. The predicted octanol–water partition coefficient (Wildman–Crippen LogP) is 1.82. The molecule has 1 amide bonds. The third-order valence-corrected chi connectivity index (χ3v) is 4.09. The summed E-state index contributed by atoms with van der Waals surface area (Å²) >= 11 is 0. The Balaban J connectivity index is 1.82. The number of carbonyl (C=O) groups is 1. The Morgan fingerprint density at radius 1 is 1.45 bits per heavy atom. The summed E-state index contributed by atoms with van der Waals surface area (Å²) in [6, 6.07) is 7.24. The Hall–Kier alpha value is -1.39. The molecular weight excluding hydrogens is 252 g/mol. The monoisotopic (exact) mass is 276 g/mol. The van der Waals surface area contributed by atoms with Gasteiger partial charge in [-0.2, -0.15) is 0 Å². The topological polar surface area (TPSA) is 75.3 Å². The van der Waals surface area contributed by atoms with E-state index < -0.39 is 11.5 Å². The van der Waals surface area contributed by atoms with Crippen LogP contribution in [0.25, 0.3) is 0 Å². The first-order chi connectivity index (χ1) is 9.48. The molecule has 4 N–H and O–H groups in total. The zero-order valence-corrected chi connectivity index (χ0v) is 12.1. The molecule has 2 rings (SSSR count). The highest BCUT2D eigenvalue weighted by Gasteiger charge is 2.31. The molecule has 1 saturated carbocycles. The highest BCUT2D eigenvalue weighted by Crippen LogP contribution is 2.31. The number of amides is 1. The molecule has 1 aromatic rings. The van der Waals surface area contributed by atoms with Crippen molar-refractivity contribution in [1.82, 2.24) is 5.32 Å². The average molecular weight is 276 g/mol. The summed E-state index contributed by atoms with van der Waals surface area (Å²) in [4.78, 5) is 11.0. The number of hydrogen-bond donors (Lipinski definition) is 3. The van der Waals surface area contributed by atoms with Gasteiger partial charge in [0, 0.05) is 18.7 Å². The summed E-state index contributed by atoms with van der Waals surface area (Å²) < 4.78 is 0. The van der Waals surface area contributed by atoms with Crippen molar-refractivity contribution in [2.45, 2.75) is 44.8 Å². The van der Waals surface area contributed by atoms with Crippen LogP contribution in [0.15, 0.2) is 24.3 Å². The number of carbonyl (C=O) groups excluding carboxylic acids is 1. The molecular formula is C16H24N2O2. The molecule has 0 spiro atoms. The number of nitrogens with one attached hydrogen (secondary N) is 1. The summed E-state index contributed by atoms with van der Waals surface area (Å²) in [6.45, 7) is 3.51. The van der Waals surface area contributed by atoms with Gasteiger partial charge in [-0.25, -0.2) is 0 Å². The second-order valence-electron chi connectivity index (χ2n) is 6.09. The second-order valence-corrected chi connectivity index (χ2v) is 6.09. The molecule has 1 aliphatic carbocycles. The van der Waals surface area contributed by atoms with E-state index >= 15 is 0 Å². The van der Waals surface area contributed by atoms with Crippen LogP contribution in [0.1, 0.15) is 48.5 Å². The Morgan fingerprint density at radius 3 is 2.75 bits per heavy atom. The molecule has 110 valence electrons. The van der Waals surface area contributed by atoms with Gasteiger partial charge in [-0.15, -0.1) is 0 Å². The Labute approximate surface area is 120 Å². The summed E-state index contributed by atoms with van der Waals surface area (Å²) in [5, 5.41) is 13.8. The molecule has 2 unspecified atom stereocenters. The molecule has 4 nitrogen and oxygen atoms in total. The molecule has 0 aromatic heterocycles. The quantitative estimate of drug-likeness (QED) is 0.768. The van der Waals surface area contributed by atoms with Crippen LogP contribution in [-0.4, -0.2) is 23.2 Å². The lowest BCUT2D eigenvalue weighted by atomic mass is 9.79. The normalized spacial score (nSPS) is 26.4. The summed E-state index contributed by atoms with van der Waals surface area (Å²) in [5.41, 5.74) is 6.25. The predicted molar refractivity (Wildman–Crippen MR) is 79.2 cm³/mol. The van der Waals surface area contributed by atoms with Crippen LogP contribution in [0.5, 0.6) is 0 Å². The minimum Gasteiger partial charge on any atom is -0.389 e. The van der Waals surface area contributed by atoms with E-state index in [1.165, 1.54) is 6.42 Å². The van der Waals surface area contributed by atoms with Crippen molar-refractivity contribution in [2.75, 3.05) is 6.54 Å². The average Bonchev–Trinajstić information content (AvgIpc) is 2.38. The van der Waals surface area contributed by atoms with Crippen molar-refractivity contribution in [2.24, 2.45) is 11.7 Å². The van der Waals surface area contributed by atoms with Gasteiger partial charge in [-0.1, -0.05) is 31.9 Å². The maximum atomic E-state index is 11.0. The first kappa shape index (κ1) is 15.0. The van der Waals surface area contributed by atoms with Crippen LogP contribution >= 0.6 is 0 Å². The van der Waals surface area contributed by atoms with E-state index in [1.54, 1.807) is 12.1 Å². The van der Waals surface area contributed by atoms with E-state index in [-0.39, 0.29) is 0 Å². The minimum atomic E-state index is -0.565. The van der Waals surface area contributed by atoms with E-state index in [0.717, 1.165) is 24.8 Å². The van der Waals surface area contributed by atoms with Gasteiger partial charge in [0.15, 0.2) is 0 Å². The van der Waals surface area contributed by atoms with Crippen molar-refractivity contribution >= 4 is 5.91 Å². The Bertz CT molecular complexity index is 458. The first-order valence-electron chi connectivity index (χ1n) is 7.30. The van der Waals surface area contributed by atoms with Gasteiger partial charge in [-0.05, 0) is 36.5 Å². The van der Waals surface area contributed by atoms with Crippen molar-refractivity contribution in [1.29, 1.82) is 0 Å². The zero-order chi connectivity index (χ0) is 14.6. The van der Waals surface area contributed by atoms with Crippen LogP contribution in [0.4, 0.5) is 0 Å². The van der Waals surface area contributed by atoms with Crippen LogP contribution in [0.3, 0.4) is 0 Å². The van der Waals surface area contributed by atoms with Gasteiger partial charge in [0.2, 0.25) is 5.91 Å². The van der Waals surface area contributed by atoms with Gasteiger partial charge in [0.05, 0.1) is 5.60 Å². The SMILES string of the molecule is CC1CCCC(O)(CNCc2ccc(C(N)=O)cc2)C1. The third kappa shape index (κ3) is 4.05. The van der Waals surface area contributed by atoms with Gasteiger partial charge in [-0.3, -0.25) is 4.79 Å². The molecule has 2 atom stereocenters. The molecule has 1 aliphatic rings. The smallest absolute Gasteiger partial charge is 0.248 e. The molecule has 0 radical (unpaired) electrons. The Kier molecular flexibility index (Phi) is 4.78. The Morgan fingerprint density at radius 2 is 2.15 bits per heavy atom. The van der Waals surface area contributed by atoms with Crippen LogP contribution < -0.4 is 11.1 Å². The number of benzene rings is 1. The largest absolute Gasteiger partial charge is 0.389 e. The minimum absolute atomic E-state index is 0.407. The summed E-state index contributed by atoms with van der Waals surface area (Å²) in [5.74, 6) is 0.195. The second kappa shape index (κ2) is 6.37. The fourth-order valence-corrected chi connectivity index (χ4v) is 3.02. The van der Waals surface area contributed by atoms with Crippen molar-refractivity contribution in [3.05, 3.63) is 35.4 Å². The lowest BCUT2D eigenvalue weighted by Gasteiger charge is -2.35. The van der Waals surface area contributed by atoms with E-state index in [1.807, 2.05) is 12.1 Å². The number of rotatable bonds is 5. The lowest BCUT2D eigenvalue weighted by Crippen LogP contribution is -2.43. The van der Waals surface area contributed by atoms with Gasteiger partial charge in [0.25, 0.3) is 0 Å². The van der Waals surface area contributed by atoms with E-state index in [2.05, 4.69) is 12.2 Å².